The van der Waals surface area contributed by atoms with E-state index in [1.807, 2.05) is 25.1 Å². The molecule has 0 aliphatic heterocycles. The fraction of sp³-hybridized carbons (Fsp3) is 0.500. The van der Waals surface area contributed by atoms with Gasteiger partial charge in [-0.3, -0.25) is 9.59 Å². The number of pyridine rings is 1. The number of hydrogen-bond donors (Lipinski definition) is 2. The van der Waals surface area contributed by atoms with Gasteiger partial charge in [0.15, 0.2) is 0 Å². The number of benzene rings is 1. The molecule has 0 atom stereocenters. The van der Waals surface area contributed by atoms with Gasteiger partial charge in [-0.1, -0.05) is 6.07 Å². The number of nitrogens with one attached hydrogen (secondary N) is 2. The van der Waals surface area contributed by atoms with E-state index in [0.29, 0.717) is 36.7 Å². The van der Waals surface area contributed by atoms with E-state index in [2.05, 4.69) is 10.6 Å². The Morgan fingerprint density at radius 1 is 1.19 bits per heavy atom. The van der Waals surface area contributed by atoms with E-state index >= 15 is 0 Å². The van der Waals surface area contributed by atoms with Gasteiger partial charge < -0.3 is 19.9 Å². The molecule has 3 rings (SSSR count). The molecule has 1 amide bonds. The predicted molar refractivity (Wildman–Crippen MR) is 122 cm³/mol. The minimum Gasteiger partial charge on any atom is -0.381 e. The van der Waals surface area contributed by atoms with Crippen LogP contribution >= 0.6 is 0 Å². The first-order valence-electron chi connectivity index (χ1n) is 11.0. The Morgan fingerprint density at radius 3 is 2.56 bits per heavy atom. The van der Waals surface area contributed by atoms with Crippen LogP contribution in [0.25, 0.3) is 11.1 Å². The van der Waals surface area contributed by atoms with Gasteiger partial charge in [0.2, 0.25) is 11.8 Å². The number of aryl methyl sites for hydroxylation is 2. The smallest absolute Gasteiger partial charge is 0.253 e. The Morgan fingerprint density at radius 2 is 1.91 bits per heavy atom. The summed E-state index contributed by atoms with van der Waals surface area (Å²) in [5.41, 5.74) is 3.66. The highest BCUT2D eigenvalue weighted by Gasteiger charge is 2.37. The number of amides is 1. The molecule has 0 bridgehead atoms. The molecule has 1 aromatic heterocycles. The van der Waals surface area contributed by atoms with E-state index in [-0.39, 0.29) is 37.1 Å². The first-order valence-corrected chi connectivity index (χ1v) is 11.0. The highest BCUT2D eigenvalue weighted by atomic mass is 19.3. The van der Waals surface area contributed by atoms with Gasteiger partial charge in [0.05, 0.1) is 18.0 Å². The van der Waals surface area contributed by atoms with Crippen molar-refractivity contribution in [3.05, 3.63) is 46.4 Å². The molecule has 0 radical (unpaired) electrons. The van der Waals surface area contributed by atoms with Gasteiger partial charge in [-0.2, -0.15) is 0 Å². The van der Waals surface area contributed by atoms with Crippen LogP contribution in [0.2, 0.25) is 0 Å². The predicted octanol–water partition coefficient (Wildman–Crippen LogP) is 4.57. The van der Waals surface area contributed by atoms with Crippen molar-refractivity contribution in [2.75, 3.05) is 30.4 Å². The van der Waals surface area contributed by atoms with Gasteiger partial charge in [-0.15, -0.1) is 0 Å². The van der Waals surface area contributed by atoms with Crippen LogP contribution in [0.1, 0.15) is 38.2 Å². The standard InChI is InChI=1S/C24H31F2N3O3/c1-4-32-12-11-27-21-14-18(19-13-16(2)23(31)29(3)15-19)5-6-20(21)28-22(30)17-7-9-24(25,26)10-8-17/h5-6,13-15,17,27H,4,7-12H2,1-3H3,(H,28,30). The lowest BCUT2D eigenvalue weighted by molar-refractivity contribution is -0.124. The second kappa shape index (κ2) is 10.3. The number of aromatic nitrogens is 1. The van der Waals surface area contributed by atoms with E-state index < -0.39 is 11.8 Å². The van der Waals surface area contributed by atoms with Crippen molar-refractivity contribution < 1.29 is 18.3 Å². The molecule has 174 valence electrons. The lowest BCUT2D eigenvalue weighted by atomic mass is 9.86. The summed E-state index contributed by atoms with van der Waals surface area (Å²) < 4.78 is 33.8. The Balaban J connectivity index is 1.83. The third-order valence-corrected chi connectivity index (χ3v) is 5.83. The summed E-state index contributed by atoms with van der Waals surface area (Å²) in [6.07, 6.45) is 1.63. The normalized spacial score (nSPS) is 16.0. The lowest BCUT2D eigenvalue weighted by Gasteiger charge is -2.27. The minimum atomic E-state index is -2.67. The summed E-state index contributed by atoms with van der Waals surface area (Å²) in [7, 11) is 1.71. The van der Waals surface area contributed by atoms with Crippen LogP contribution in [0.5, 0.6) is 0 Å². The molecule has 0 unspecified atom stereocenters. The minimum absolute atomic E-state index is 0.0502. The van der Waals surface area contributed by atoms with E-state index in [4.69, 9.17) is 4.74 Å². The molecular formula is C24H31F2N3O3. The summed E-state index contributed by atoms with van der Waals surface area (Å²) in [6, 6.07) is 7.42. The Bertz CT molecular complexity index is 984. The fourth-order valence-electron chi connectivity index (χ4n) is 3.95. The van der Waals surface area contributed by atoms with Gasteiger partial charge in [0, 0.05) is 50.7 Å². The van der Waals surface area contributed by atoms with Crippen molar-refractivity contribution >= 4 is 17.3 Å². The molecule has 1 aliphatic rings. The molecule has 2 aromatic rings. The third-order valence-electron chi connectivity index (χ3n) is 5.83. The van der Waals surface area contributed by atoms with Gasteiger partial charge in [-0.05, 0) is 56.0 Å². The average Bonchev–Trinajstić information content (AvgIpc) is 2.75. The Hall–Kier alpha value is -2.74. The summed E-state index contributed by atoms with van der Waals surface area (Å²) in [4.78, 5) is 24.8. The Labute approximate surface area is 187 Å². The Kier molecular flexibility index (Phi) is 7.66. The maximum absolute atomic E-state index is 13.4. The largest absolute Gasteiger partial charge is 0.381 e. The number of anilines is 2. The summed E-state index contributed by atoms with van der Waals surface area (Å²) >= 11 is 0. The number of halogens is 2. The van der Waals surface area contributed by atoms with Crippen LogP contribution in [0.3, 0.4) is 0 Å². The van der Waals surface area contributed by atoms with Crippen molar-refractivity contribution in [3.8, 4) is 11.1 Å². The van der Waals surface area contributed by atoms with Crippen LogP contribution in [0.4, 0.5) is 20.2 Å². The van der Waals surface area contributed by atoms with Crippen LogP contribution in [-0.4, -0.2) is 36.2 Å². The maximum atomic E-state index is 13.4. The van der Waals surface area contributed by atoms with Crippen molar-refractivity contribution in [2.24, 2.45) is 13.0 Å². The zero-order valence-electron chi connectivity index (χ0n) is 18.8. The highest BCUT2D eigenvalue weighted by Crippen LogP contribution is 2.37. The number of nitrogens with zero attached hydrogens (tertiary/aromatic N) is 1. The van der Waals surface area contributed by atoms with Gasteiger partial charge in [0.1, 0.15) is 0 Å². The average molecular weight is 448 g/mol. The lowest BCUT2D eigenvalue weighted by Crippen LogP contribution is -2.32. The highest BCUT2D eigenvalue weighted by molar-refractivity contribution is 5.96. The van der Waals surface area contributed by atoms with Crippen LogP contribution < -0.4 is 16.2 Å². The van der Waals surface area contributed by atoms with E-state index in [9.17, 15) is 18.4 Å². The molecule has 0 spiro atoms. The summed E-state index contributed by atoms with van der Waals surface area (Å²) in [6.45, 7) is 5.35. The van der Waals surface area contributed by atoms with E-state index in [1.54, 1.807) is 30.8 Å². The number of hydrogen-bond acceptors (Lipinski definition) is 4. The van der Waals surface area contributed by atoms with E-state index in [1.165, 1.54) is 0 Å². The quantitative estimate of drug-likeness (QED) is 0.582. The molecule has 8 heteroatoms. The second-order valence-electron chi connectivity index (χ2n) is 8.33. The zero-order chi connectivity index (χ0) is 23.3. The van der Waals surface area contributed by atoms with Crippen LogP contribution in [0, 0.1) is 12.8 Å². The van der Waals surface area contributed by atoms with Crippen molar-refractivity contribution in [2.45, 2.75) is 45.5 Å². The van der Waals surface area contributed by atoms with Gasteiger partial charge in [0.25, 0.3) is 5.56 Å². The molecule has 0 saturated heterocycles. The second-order valence-corrected chi connectivity index (χ2v) is 8.33. The summed E-state index contributed by atoms with van der Waals surface area (Å²) in [5, 5.41) is 6.21. The maximum Gasteiger partial charge on any atom is 0.253 e. The number of rotatable bonds is 8. The van der Waals surface area contributed by atoms with Crippen LogP contribution in [0.15, 0.2) is 35.3 Å². The molecular weight excluding hydrogens is 416 g/mol. The third kappa shape index (κ3) is 5.94. The van der Waals surface area contributed by atoms with Gasteiger partial charge in [-0.25, -0.2) is 8.78 Å². The zero-order valence-corrected chi connectivity index (χ0v) is 18.8. The molecule has 1 saturated carbocycles. The number of carbonyl (C=O) groups is 1. The van der Waals surface area contributed by atoms with Crippen LogP contribution in [-0.2, 0) is 16.6 Å². The SMILES string of the molecule is CCOCCNc1cc(-c2cc(C)c(=O)n(C)c2)ccc1NC(=O)C1CCC(F)(F)CC1. The molecule has 32 heavy (non-hydrogen) atoms. The first kappa shape index (κ1) is 23.9. The molecule has 6 nitrogen and oxygen atoms in total. The first-order chi connectivity index (χ1) is 15.2. The number of carbonyl (C=O) groups excluding carboxylic acids is 1. The molecule has 2 N–H and O–H groups in total. The fourth-order valence-corrected chi connectivity index (χ4v) is 3.95. The van der Waals surface area contributed by atoms with Crippen molar-refractivity contribution in [1.29, 1.82) is 0 Å². The number of alkyl halides is 2. The van der Waals surface area contributed by atoms with Gasteiger partial charge >= 0.3 is 0 Å². The molecule has 1 aromatic carbocycles. The molecule has 1 heterocycles. The van der Waals surface area contributed by atoms with Crippen molar-refractivity contribution in [1.82, 2.24) is 4.57 Å². The monoisotopic (exact) mass is 447 g/mol. The van der Waals surface area contributed by atoms with Crippen molar-refractivity contribution in [3.63, 3.8) is 0 Å². The molecule has 1 fully saturated rings. The topological polar surface area (TPSA) is 72.4 Å². The summed E-state index contributed by atoms with van der Waals surface area (Å²) in [5.74, 6) is -3.32. The van der Waals surface area contributed by atoms with E-state index in [0.717, 1.165) is 11.1 Å². The number of ether oxygens (including phenoxy) is 1. The molecule has 1 aliphatic carbocycles.